The highest BCUT2D eigenvalue weighted by molar-refractivity contribution is 6.01. The minimum Gasteiger partial charge on any atom is -0.208 e. The van der Waals surface area contributed by atoms with Crippen LogP contribution < -0.4 is 0 Å². The van der Waals surface area contributed by atoms with E-state index >= 15 is 0 Å². The second-order valence-electron chi connectivity index (χ2n) is 17.5. The molecule has 0 saturated heterocycles. The number of hydrogen-bond donors (Lipinski definition) is 0. The third kappa shape index (κ3) is 6.06. The third-order valence-electron chi connectivity index (χ3n) is 13.1. The van der Waals surface area contributed by atoms with Crippen LogP contribution in [-0.4, -0.2) is 15.0 Å². The molecule has 3 aliphatic carbocycles. The molecule has 0 fully saturated rings. The lowest BCUT2D eigenvalue weighted by Crippen LogP contribution is -2.18. The van der Waals surface area contributed by atoms with Crippen LogP contribution in [0.25, 0.3) is 78.7 Å². The molecule has 7 aromatic carbocycles. The molecule has 0 atom stereocenters. The molecule has 3 nitrogen and oxygen atoms in total. The highest BCUT2D eigenvalue weighted by atomic mass is 15.0. The summed E-state index contributed by atoms with van der Waals surface area (Å²) in [5.74, 6) is 1.93. The van der Waals surface area contributed by atoms with Crippen molar-refractivity contribution in [2.75, 3.05) is 0 Å². The Labute approximate surface area is 358 Å². The van der Waals surface area contributed by atoms with Crippen LogP contribution in [0.15, 0.2) is 194 Å². The number of benzene rings is 7. The minimum absolute atomic E-state index is 0.193. The largest absolute Gasteiger partial charge is 0.208 e. The van der Waals surface area contributed by atoms with Crippen molar-refractivity contribution in [2.24, 2.45) is 0 Å². The monoisotopic (exact) mass is 783 g/mol. The van der Waals surface area contributed by atoms with Crippen molar-refractivity contribution in [3.8, 4) is 67.5 Å². The number of hydrogen-bond acceptors (Lipinski definition) is 3. The van der Waals surface area contributed by atoms with Gasteiger partial charge in [0.05, 0.1) is 0 Å². The molecule has 8 aromatic rings. The van der Waals surface area contributed by atoms with Crippen LogP contribution in [0.4, 0.5) is 0 Å². The first-order valence-corrected chi connectivity index (χ1v) is 21.3. The van der Waals surface area contributed by atoms with Gasteiger partial charge < -0.3 is 0 Å². The Bertz CT molecular complexity index is 3130. The van der Waals surface area contributed by atoms with Crippen molar-refractivity contribution in [3.05, 3.63) is 221 Å². The van der Waals surface area contributed by atoms with Gasteiger partial charge in [-0.05, 0) is 103 Å². The van der Waals surface area contributed by atoms with Crippen LogP contribution >= 0.6 is 0 Å². The molecule has 0 aliphatic heterocycles. The van der Waals surface area contributed by atoms with Crippen molar-refractivity contribution in [1.82, 2.24) is 15.0 Å². The summed E-state index contributed by atoms with van der Waals surface area (Å²) >= 11 is 0. The van der Waals surface area contributed by atoms with E-state index in [0.29, 0.717) is 17.5 Å². The zero-order chi connectivity index (χ0) is 41.3. The maximum atomic E-state index is 5.34. The summed E-state index contributed by atoms with van der Waals surface area (Å²) in [6, 6.07) is 61.0. The van der Waals surface area contributed by atoms with Gasteiger partial charge in [-0.15, -0.1) is 0 Å². The van der Waals surface area contributed by atoms with Gasteiger partial charge in [-0.2, -0.15) is 0 Å². The fourth-order valence-electron chi connectivity index (χ4n) is 10.2. The number of nitrogens with zero attached hydrogens (tertiary/aromatic N) is 3. The first-order chi connectivity index (χ1) is 29.8. The van der Waals surface area contributed by atoms with E-state index in [0.717, 1.165) is 39.8 Å². The summed E-state index contributed by atoms with van der Waals surface area (Å²) in [6.07, 6.45) is 7.92. The summed E-state index contributed by atoms with van der Waals surface area (Å²) in [4.78, 5) is 15.8. The van der Waals surface area contributed by atoms with E-state index in [1.165, 1.54) is 61.2 Å². The molecular formula is C58H45N3. The maximum absolute atomic E-state index is 5.34. The van der Waals surface area contributed by atoms with Gasteiger partial charge in [0.2, 0.25) is 0 Å². The summed E-state index contributed by atoms with van der Waals surface area (Å²) in [7, 11) is 0. The van der Waals surface area contributed by atoms with E-state index in [9.17, 15) is 0 Å². The Morgan fingerprint density at radius 2 is 0.885 bits per heavy atom. The quantitative estimate of drug-likeness (QED) is 0.169. The topological polar surface area (TPSA) is 38.7 Å². The molecule has 61 heavy (non-hydrogen) atoms. The Balaban J connectivity index is 1.15. The first kappa shape index (κ1) is 36.8. The van der Waals surface area contributed by atoms with Gasteiger partial charge in [0.25, 0.3) is 0 Å². The van der Waals surface area contributed by atoms with Crippen LogP contribution in [0.2, 0.25) is 0 Å². The molecule has 1 aromatic heterocycles. The van der Waals surface area contributed by atoms with Crippen molar-refractivity contribution in [3.63, 3.8) is 0 Å². The lowest BCUT2D eigenvalue weighted by Gasteiger charge is -2.28. The highest BCUT2D eigenvalue weighted by Crippen LogP contribution is 2.55. The fraction of sp³-hybridized carbons (Fsp3) is 0.121. The zero-order valence-electron chi connectivity index (χ0n) is 34.9. The Morgan fingerprint density at radius 1 is 0.393 bits per heavy atom. The molecule has 0 unspecified atom stereocenters. The van der Waals surface area contributed by atoms with Gasteiger partial charge in [0.1, 0.15) is 0 Å². The van der Waals surface area contributed by atoms with Crippen LogP contribution in [0, 0.1) is 0 Å². The SMILES string of the molecule is CC1(C)C2=C(C=CCC=C2c2cc(-c3nc(-c4ccccc4)nc(-c4ccc(-c5ccccc5)cc4)n3)cc(-c3cccc4c3C(C)(C)c3ccccc3-4)c2)c2ccccc21. The molecule has 1 heterocycles. The van der Waals surface area contributed by atoms with Gasteiger partial charge in [-0.1, -0.05) is 198 Å². The molecule has 0 radical (unpaired) electrons. The van der Waals surface area contributed by atoms with Crippen molar-refractivity contribution < 1.29 is 0 Å². The minimum atomic E-state index is -0.201. The summed E-state index contributed by atoms with van der Waals surface area (Å²) in [5.41, 5.74) is 20.2. The Morgan fingerprint density at radius 3 is 1.59 bits per heavy atom. The smallest absolute Gasteiger partial charge is 0.164 e. The molecule has 3 aliphatic rings. The van der Waals surface area contributed by atoms with Gasteiger partial charge in [0.15, 0.2) is 17.5 Å². The molecule has 3 heteroatoms. The zero-order valence-corrected chi connectivity index (χ0v) is 34.9. The predicted octanol–water partition coefficient (Wildman–Crippen LogP) is 14.6. The van der Waals surface area contributed by atoms with E-state index in [1.807, 2.05) is 24.3 Å². The van der Waals surface area contributed by atoms with Crippen molar-refractivity contribution in [1.29, 1.82) is 0 Å². The molecule has 0 saturated carbocycles. The van der Waals surface area contributed by atoms with E-state index in [4.69, 9.17) is 15.0 Å². The van der Waals surface area contributed by atoms with E-state index in [1.54, 1.807) is 0 Å². The standard InChI is InChI=1S/C58H45N3/c1-57(2)50-28-15-13-23-46(50)48-25-12-11-22-44(52(48)57)41-34-42(45-26-17-27-49-47-24-14-16-29-51(47)58(3,4)53(45)49)36-43(35-41)56-60-54(39-20-9-6-10-21-39)59-55(61-56)40-32-30-38(31-33-40)37-18-7-5-8-19-37/h5-10,12-36H,11H2,1-4H3. The number of rotatable bonds is 6. The molecule has 292 valence electrons. The van der Waals surface area contributed by atoms with Crippen molar-refractivity contribution in [2.45, 2.75) is 44.9 Å². The van der Waals surface area contributed by atoms with Crippen LogP contribution in [0.5, 0.6) is 0 Å². The Hall–Kier alpha value is -7.23. The van der Waals surface area contributed by atoms with Gasteiger partial charge in [-0.25, -0.2) is 15.0 Å². The third-order valence-corrected chi connectivity index (χ3v) is 13.1. The number of fused-ring (bicyclic) bond motifs is 5. The van der Waals surface area contributed by atoms with Crippen LogP contribution in [0.3, 0.4) is 0 Å². The molecule has 0 spiro atoms. The lowest BCUT2D eigenvalue weighted by atomic mass is 9.75. The van der Waals surface area contributed by atoms with E-state index < -0.39 is 0 Å². The average molecular weight is 784 g/mol. The summed E-state index contributed by atoms with van der Waals surface area (Å²) < 4.78 is 0. The van der Waals surface area contributed by atoms with Gasteiger partial charge in [-0.3, -0.25) is 0 Å². The molecule has 0 bridgehead atoms. The number of aromatic nitrogens is 3. The second kappa shape index (κ2) is 14.2. The fourth-order valence-corrected chi connectivity index (χ4v) is 10.2. The Kier molecular flexibility index (Phi) is 8.58. The van der Waals surface area contributed by atoms with Gasteiger partial charge in [0, 0.05) is 27.5 Å². The predicted molar refractivity (Wildman–Crippen MR) is 253 cm³/mol. The lowest BCUT2D eigenvalue weighted by molar-refractivity contribution is 0.658. The highest BCUT2D eigenvalue weighted by Gasteiger charge is 2.40. The molecule has 0 N–H and O–H groups in total. The maximum Gasteiger partial charge on any atom is 0.164 e. The van der Waals surface area contributed by atoms with Gasteiger partial charge >= 0.3 is 0 Å². The molecule has 11 rings (SSSR count). The number of allylic oxidation sites excluding steroid dienone is 6. The average Bonchev–Trinajstić information content (AvgIpc) is 3.53. The summed E-state index contributed by atoms with van der Waals surface area (Å²) in [5, 5.41) is 0. The second-order valence-corrected chi connectivity index (χ2v) is 17.5. The first-order valence-electron chi connectivity index (χ1n) is 21.3. The normalized spacial score (nSPS) is 15.4. The van der Waals surface area contributed by atoms with Crippen LogP contribution in [-0.2, 0) is 10.8 Å². The van der Waals surface area contributed by atoms with Crippen molar-refractivity contribution >= 4 is 11.1 Å². The van der Waals surface area contributed by atoms with E-state index in [-0.39, 0.29) is 10.8 Å². The molecule has 0 amide bonds. The van der Waals surface area contributed by atoms with Crippen LogP contribution in [0.1, 0.15) is 61.9 Å². The molecular weight excluding hydrogens is 739 g/mol. The summed E-state index contributed by atoms with van der Waals surface area (Å²) in [6.45, 7) is 9.49. The van der Waals surface area contributed by atoms with E-state index in [2.05, 4.69) is 192 Å².